The standard InChI is InChI=1S/C30H43FN4O3.C4H10/c1-8-11-12-23(34-29(36)35-24-19-30(5,6)20-24)14-13-22(9-2)33-21(4)28-26(31)17-25(38-16-15-37-7)18-27(28)32-10-3;1-3-4-2/h9-10,12-14,17-18,24,33H,4,8,11,15-16,19-20H2,1-3,5-7H3,(H2,34,35,36);3-4H2,1-2H3/b14-13-,22-9+,23-12-,32-10?;. The van der Waals surface area contributed by atoms with Gasteiger partial charge in [-0.1, -0.05) is 72.6 Å². The number of unbranched alkanes of at least 4 members (excludes halogenated alkanes) is 2. The molecule has 0 bridgehead atoms. The Balaban J connectivity index is 0.00000206. The molecule has 1 aromatic carbocycles. The number of carbonyl (C=O) groups excluding carboxylic acids is 1. The first kappa shape index (κ1) is 36.6. The molecular weight excluding hydrogens is 531 g/mol. The third-order valence-electron chi connectivity index (χ3n) is 6.56. The molecule has 0 unspecified atom stereocenters. The summed E-state index contributed by atoms with van der Waals surface area (Å²) in [7, 11) is 1.58. The van der Waals surface area contributed by atoms with Crippen LogP contribution in [0.1, 0.15) is 92.6 Å². The van der Waals surface area contributed by atoms with Gasteiger partial charge in [-0.15, -0.1) is 0 Å². The Bertz CT molecular complexity index is 1110. The van der Waals surface area contributed by atoms with Crippen molar-refractivity contribution in [1.29, 1.82) is 0 Å². The molecular formula is C34H53FN4O3. The minimum atomic E-state index is -0.501. The molecule has 1 aromatic rings. The van der Waals surface area contributed by atoms with Gasteiger partial charge < -0.3 is 25.4 Å². The molecule has 2 rings (SSSR count). The Labute approximate surface area is 253 Å². The molecule has 1 saturated carbocycles. The van der Waals surface area contributed by atoms with E-state index in [9.17, 15) is 4.79 Å². The number of methoxy groups -OCH3 is 1. The fourth-order valence-electron chi connectivity index (χ4n) is 4.25. The Morgan fingerprint density at radius 3 is 2.29 bits per heavy atom. The molecule has 0 saturated heterocycles. The van der Waals surface area contributed by atoms with Crippen LogP contribution in [0.5, 0.6) is 5.75 Å². The molecule has 3 N–H and O–H groups in total. The normalized spacial score (nSPS) is 15.2. The van der Waals surface area contributed by atoms with Crippen LogP contribution < -0.4 is 20.7 Å². The molecule has 0 spiro atoms. The van der Waals surface area contributed by atoms with E-state index in [2.05, 4.69) is 62.1 Å². The van der Waals surface area contributed by atoms with Crippen molar-refractivity contribution in [2.24, 2.45) is 10.4 Å². The Morgan fingerprint density at radius 2 is 1.74 bits per heavy atom. The van der Waals surface area contributed by atoms with Crippen LogP contribution in [0.4, 0.5) is 14.9 Å². The summed E-state index contributed by atoms with van der Waals surface area (Å²) in [6.45, 7) is 19.2. The quantitative estimate of drug-likeness (QED) is 0.110. The average Bonchev–Trinajstić information content (AvgIpc) is 2.92. The summed E-state index contributed by atoms with van der Waals surface area (Å²) in [4.78, 5) is 16.9. The van der Waals surface area contributed by atoms with Crippen LogP contribution in [-0.4, -0.2) is 38.6 Å². The number of urea groups is 1. The number of aliphatic imine (C=N–C) groups is 1. The van der Waals surface area contributed by atoms with Crippen molar-refractivity contribution in [3.05, 3.63) is 65.8 Å². The number of nitrogens with one attached hydrogen (secondary N) is 3. The van der Waals surface area contributed by atoms with Crippen molar-refractivity contribution in [2.75, 3.05) is 20.3 Å². The number of benzene rings is 1. The number of allylic oxidation sites excluding steroid dienone is 4. The molecule has 0 aromatic heterocycles. The predicted octanol–water partition coefficient (Wildman–Crippen LogP) is 8.57. The van der Waals surface area contributed by atoms with Gasteiger partial charge in [0.25, 0.3) is 0 Å². The first-order chi connectivity index (χ1) is 20.0. The first-order valence-electron chi connectivity index (χ1n) is 15.1. The summed E-state index contributed by atoms with van der Waals surface area (Å²) < 4.78 is 25.7. The lowest BCUT2D eigenvalue weighted by molar-refractivity contribution is 0.130. The molecule has 1 aliphatic carbocycles. The summed E-state index contributed by atoms with van der Waals surface area (Å²) in [6.07, 6.45) is 15.4. The molecule has 0 aliphatic heterocycles. The van der Waals surface area contributed by atoms with E-state index in [1.807, 2.05) is 31.2 Å². The summed E-state index contributed by atoms with van der Waals surface area (Å²) in [6, 6.07) is 2.97. The highest BCUT2D eigenvalue weighted by Gasteiger charge is 2.36. The first-order valence-corrected chi connectivity index (χ1v) is 15.1. The molecule has 1 fully saturated rings. The van der Waals surface area contributed by atoms with Gasteiger partial charge in [-0.2, -0.15) is 0 Å². The monoisotopic (exact) mass is 584 g/mol. The van der Waals surface area contributed by atoms with Gasteiger partial charge in [0, 0.05) is 48.6 Å². The van der Waals surface area contributed by atoms with E-state index in [0.717, 1.165) is 25.7 Å². The molecule has 42 heavy (non-hydrogen) atoms. The van der Waals surface area contributed by atoms with Crippen LogP contribution in [0.15, 0.2) is 59.4 Å². The minimum absolute atomic E-state index is 0.198. The number of carbonyl (C=O) groups is 1. The number of halogens is 1. The Kier molecular flexibility index (Phi) is 17.2. The van der Waals surface area contributed by atoms with Crippen LogP contribution in [0.2, 0.25) is 0 Å². The number of hydrogen-bond acceptors (Lipinski definition) is 5. The molecule has 1 aliphatic rings. The van der Waals surface area contributed by atoms with E-state index < -0.39 is 5.82 Å². The van der Waals surface area contributed by atoms with Crippen molar-refractivity contribution in [2.45, 2.75) is 93.0 Å². The second-order valence-electron chi connectivity index (χ2n) is 11.0. The number of nitrogens with zero attached hydrogens (tertiary/aromatic N) is 1. The van der Waals surface area contributed by atoms with Gasteiger partial charge in [0.1, 0.15) is 18.2 Å². The maximum atomic E-state index is 15.1. The largest absolute Gasteiger partial charge is 0.491 e. The minimum Gasteiger partial charge on any atom is -0.491 e. The van der Waals surface area contributed by atoms with Crippen molar-refractivity contribution in [1.82, 2.24) is 16.0 Å². The summed E-state index contributed by atoms with van der Waals surface area (Å²) >= 11 is 0. The maximum Gasteiger partial charge on any atom is 0.319 e. The van der Waals surface area contributed by atoms with Gasteiger partial charge in [0.05, 0.1) is 17.9 Å². The number of amides is 2. The smallest absolute Gasteiger partial charge is 0.319 e. The number of hydrogen-bond donors (Lipinski definition) is 3. The molecule has 2 amide bonds. The Morgan fingerprint density at radius 1 is 1.07 bits per heavy atom. The van der Waals surface area contributed by atoms with Crippen molar-refractivity contribution < 1.29 is 18.7 Å². The van der Waals surface area contributed by atoms with Crippen molar-refractivity contribution in [3.63, 3.8) is 0 Å². The average molecular weight is 585 g/mol. The van der Waals surface area contributed by atoms with Crippen LogP contribution in [0.25, 0.3) is 5.70 Å². The van der Waals surface area contributed by atoms with Gasteiger partial charge in [0.2, 0.25) is 0 Å². The highest BCUT2D eigenvalue weighted by molar-refractivity contribution is 5.78. The van der Waals surface area contributed by atoms with Crippen molar-refractivity contribution >= 4 is 23.6 Å². The third-order valence-corrected chi connectivity index (χ3v) is 6.56. The summed E-state index contributed by atoms with van der Waals surface area (Å²) in [5.41, 5.74) is 2.66. The van der Waals surface area contributed by atoms with Crippen LogP contribution in [0.3, 0.4) is 0 Å². The summed E-state index contributed by atoms with van der Waals surface area (Å²) in [5, 5.41) is 9.16. The zero-order valence-corrected chi connectivity index (χ0v) is 27.0. The zero-order chi connectivity index (χ0) is 31.5. The lowest BCUT2D eigenvalue weighted by Crippen LogP contribution is -2.51. The molecule has 8 heteroatoms. The van der Waals surface area contributed by atoms with Crippen LogP contribution >= 0.6 is 0 Å². The van der Waals surface area contributed by atoms with E-state index in [1.165, 1.54) is 18.9 Å². The van der Waals surface area contributed by atoms with Crippen LogP contribution in [0, 0.1) is 11.2 Å². The topological polar surface area (TPSA) is 84.0 Å². The zero-order valence-electron chi connectivity index (χ0n) is 27.0. The highest BCUT2D eigenvalue weighted by Crippen LogP contribution is 2.39. The fraction of sp³-hybridized carbons (Fsp3) is 0.529. The summed E-state index contributed by atoms with van der Waals surface area (Å²) in [5.74, 6) is -0.137. The predicted molar refractivity (Wildman–Crippen MR) is 175 cm³/mol. The lowest BCUT2D eigenvalue weighted by atomic mass is 9.68. The van der Waals surface area contributed by atoms with E-state index in [1.54, 1.807) is 26.3 Å². The molecule has 234 valence electrons. The van der Waals surface area contributed by atoms with E-state index in [0.29, 0.717) is 41.7 Å². The highest BCUT2D eigenvalue weighted by atomic mass is 19.1. The SMILES string of the molecule is C=C(NC(/C=C\C(=C\CCC)NC(=O)NC1CC(C)(C)C1)=C/C)c1c(F)cc(OCCOC)cc1N=CC.CCCC. The molecule has 7 nitrogen and oxygen atoms in total. The van der Waals surface area contributed by atoms with Crippen molar-refractivity contribution in [3.8, 4) is 5.75 Å². The second-order valence-corrected chi connectivity index (χ2v) is 11.0. The van der Waals surface area contributed by atoms with Gasteiger partial charge >= 0.3 is 6.03 Å². The van der Waals surface area contributed by atoms with Gasteiger partial charge in [-0.05, 0) is 50.7 Å². The van der Waals surface area contributed by atoms with Gasteiger partial charge in [-0.3, -0.25) is 4.99 Å². The van der Waals surface area contributed by atoms with Gasteiger partial charge in [0.15, 0.2) is 0 Å². The second kappa shape index (κ2) is 19.7. The van der Waals surface area contributed by atoms with Crippen LogP contribution in [-0.2, 0) is 4.74 Å². The van der Waals surface area contributed by atoms with E-state index in [4.69, 9.17) is 9.47 Å². The lowest BCUT2D eigenvalue weighted by Gasteiger charge is -2.42. The Hall–Kier alpha value is -3.39. The van der Waals surface area contributed by atoms with E-state index >= 15 is 4.39 Å². The van der Waals surface area contributed by atoms with E-state index in [-0.39, 0.29) is 23.1 Å². The molecule has 0 heterocycles. The maximum absolute atomic E-state index is 15.1. The number of ether oxygens (including phenoxy) is 2. The third kappa shape index (κ3) is 13.5. The molecule has 0 radical (unpaired) electrons. The van der Waals surface area contributed by atoms with Gasteiger partial charge in [-0.25, -0.2) is 9.18 Å². The molecule has 0 atom stereocenters. The number of rotatable bonds is 15. The fourth-order valence-corrected chi connectivity index (χ4v) is 4.25.